The lowest BCUT2D eigenvalue weighted by atomic mass is 10.4. The van der Waals surface area contributed by atoms with Gasteiger partial charge in [-0.1, -0.05) is 21.0 Å². The molecule has 3 heterocycles. The van der Waals surface area contributed by atoms with Crippen LogP contribution in [-0.4, -0.2) is 26.3 Å². The molecule has 1 atom stereocenters. The molecule has 0 fully saturated rings. The average Bonchev–Trinajstić information content (AvgIpc) is 2.86. The maximum Gasteiger partial charge on any atom is 0.275 e. The molecular weight excluding hydrogens is 295 g/mol. The molecule has 0 saturated carbocycles. The van der Waals surface area contributed by atoms with Crippen molar-refractivity contribution in [1.82, 2.24) is 19.9 Å². The molecule has 0 bridgehead atoms. The number of aromatic nitrogens is 4. The van der Waals surface area contributed by atoms with E-state index in [1.165, 1.54) is 18.1 Å². The Morgan fingerprint density at radius 3 is 3.10 bits per heavy atom. The third kappa shape index (κ3) is 2.42. The van der Waals surface area contributed by atoms with Crippen molar-refractivity contribution in [3.05, 3.63) is 41.3 Å². The minimum absolute atomic E-state index is 0.186. The number of pyridine rings is 1. The molecule has 0 aliphatic rings. The molecule has 0 radical (unpaired) electrons. The maximum absolute atomic E-state index is 11.6. The average molecular weight is 306 g/mol. The number of H-pyrrole nitrogens is 2. The predicted molar refractivity (Wildman–Crippen MR) is 80.3 cm³/mol. The summed E-state index contributed by atoms with van der Waals surface area (Å²) in [6, 6.07) is 1.81. The Labute approximate surface area is 120 Å². The Morgan fingerprint density at radius 1 is 1.35 bits per heavy atom. The van der Waals surface area contributed by atoms with Crippen molar-refractivity contribution in [3.8, 4) is 5.75 Å². The van der Waals surface area contributed by atoms with E-state index in [9.17, 15) is 4.79 Å². The molecule has 8 heteroatoms. The van der Waals surface area contributed by atoms with Crippen molar-refractivity contribution < 1.29 is 4.74 Å². The van der Waals surface area contributed by atoms with E-state index >= 15 is 0 Å². The summed E-state index contributed by atoms with van der Waals surface area (Å²) in [6.45, 7) is 0. The molecule has 1 unspecified atom stereocenters. The normalized spacial score (nSPS) is 10.8. The number of hydrogen-bond acceptors (Lipinski definition) is 5. The minimum Gasteiger partial charge on any atom is -0.488 e. The van der Waals surface area contributed by atoms with Gasteiger partial charge in [0.15, 0.2) is 0 Å². The van der Waals surface area contributed by atoms with Gasteiger partial charge in [-0.25, -0.2) is 4.98 Å². The summed E-state index contributed by atoms with van der Waals surface area (Å²) in [4.78, 5) is 27.1. The van der Waals surface area contributed by atoms with Crippen LogP contribution in [0.15, 0.2) is 45.6 Å². The SMILES string of the molecule is O=c1[nH]cnc2c(Sc3cnccc3OCP)c[nH]c12. The quantitative estimate of drug-likeness (QED) is 0.720. The first-order valence-corrected chi connectivity index (χ1v) is 7.42. The predicted octanol–water partition coefficient (Wildman–Crippen LogP) is 2.01. The summed E-state index contributed by atoms with van der Waals surface area (Å²) in [5.74, 6) is 0.749. The lowest BCUT2D eigenvalue weighted by molar-refractivity contribution is 0.382. The molecular formula is C12H11N4O2PS. The fraction of sp³-hybridized carbons (Fsp3) is 0.0833. The largest absolute Gasteiger partial charge is 0.488 e. The van der Waals surface area contributed by atoms with Gasteiger partial charge in [-0.2, -0.15) is 0 Å². The van der Waals surface area contributed by atoms with Gasteiger partial charge in [-0.05, 0) is 6.07 Å². The number of fused-ring (bicyclic) bond motifs is 1. The third-order valence-electron chi connectivity index (χ3n) is 2.64. The van der Waals surface area contributed by atoms with Gasteiger partial charge >= 0.3 is 0 Å². The highest BCUT2D eigenvalue weighted by molar-refractivity contribution is 7.99. The number of aromatic amines is 2. The molecule has 0 aliphatic carbocycles. The van der Waals surface area contributed by atoms with Crippen molar-refractivity contribution >= 4 is 32.0 Å². The molecule has 6 nitrogen and oxygen atoms in total. The van der Waals surface area contributed by atoms with Crippen LogP contribution >= 0.6 is 21.0 Å². The summed E-state index contributed by atoms with van der Waals surface area (Å²) in [6.07, 6.45) is 7.06. The van der Waals surface area contributed by atoms with Gasteiger partial charge < -0.3 is 14.7 Å². The van der Waals surface area contributed by atoms with Crippen molar-refractivity contribution in [1.29, 1.82) is 0 Å². The zero-order valence-electron chi connectivity index (χ0n) is 10.3. The minimum atomic E-state index is -0.186. The van der Waals surface area contributed by atoms with E-state index in [1.54, 1.807) is 18.6 Å². The second-order valence-corrected chi connectivity index (χ2v) is 5.26. The molecule has 0 aliphatic heterocycles. The summed E-state index contributed by atoms with van der Waals surface area (Å²) in [7, 11) is 2.51. The van der Waals surface area contributed by atoms with Gasteiger partial charge in [0.2, 0.25) is 0 Å². The van der Waals surface area contributed by atoms with Crippen LogP contribution in [0.1, 0.15) is 0 Å². The lowest BCUT2D eigenvalue weighted by Crippen LogP contribution is -2.05. The fourth-order valence-corrected chi connectivity index (χ4v) is 2.90. The van der Waals surface area contributed by atoms with E-state index in [-0.39, 0.29) is 5.56 Å². The topological polar surface area (TPSA) is 83.7 Å². The Kier molecular flexibility index (Phi) is 3.71. The number of rotatable bonds is 4. The maximum atomic E-state index is 11.6. The lowest BCUT2D eigenvalue weighted by Gasteiger charge is -2.07. The Morgan fingerprint density at radius 2 is 2.25 bits per heavy atom. The second kappa shape index (κ2) is 5.64. The van der Waals surface area contributed by atoms with Gasteiger partial charge in [-0.3, -0.25) is 9.78 Å². The summed E-state index contributed by atoms with van der Waals surface area (Å²) >= 11 is 1.46. The zero-order valence-corrected chi connectivity index (χ0v) is 12.3. The standard InChI is InChI=1S/C12H11N4O2PS/c17-12-11-10(15-5-16-12)9(4-14-11)20-8-3-13-2-1-7(8)18-6-19/h1-5,14H,6,19H2,(H,15,16,17). The van der Waals surface area contributed by atoms with Crippen LogP contribution in [0.5, 0.6) is 5.75 Å². The van der Waals surface area contributed by atoms with E-state index in [0.717, 1.165) is 15.5 Å². The number of hydrogen-bond donors (Lipinski definition) is 2. The number of ether oxygens (including phenoxy) is 1. The molecule has 20 heavy (non-hydrogen) atoms. The molecule has 0 saturated heterocycles. The number of nitrogens with zero attached hydrogens (tertiary/aromatic N) is 2. The molecule has 2 N–H and O–H groups in total. The van der Waals surface area contributed by atoms with Crippen molar-refractivity contribution in [2.45, 2.75) is 9.79 Å². The smallest absolute Gasteiger partial charge is 0.275 e. The highest BCUT2D eigenvalue weighted by Gasteiger charge is 2.12. The summed E-state index contributed by atoms with van der Waals surface area (Å²) in [5, 5.41) is 0. The van der Waals surface area contributed by atoms with E-state index in [4.69, 9.17) is 4.74 Å². The molecule has 0 spiro atoms. The van der Waals surface area contributed by atoms with E-state index in [2.05, 4.69) is 29.2 Å². The van der Waals surface area contributed by atoms with Crippen LogP contribution in [0.2, 0.25) is 0 Å². The Bertz CT molecular complexity index is 801. The highest BCUT2D eigenvalue weighted by Crippen LogP contribution is 2.36. The van der Waals surface area contributed by atoms with Crippen LogP contribution < -0.4 is 10.3 Å². The van der Waals surface area contributed by atoms with E-state index < -0.39 is 0 Å². The van der Waals surface area contributed by atoms with Gasteiger partial charge in [-0.15, -0.1) is 0 Å². The van der Waals surface area contributed by atoms with Gasteiger partial charge in [0.25, 0.3) is 5.56 Å². The summed E-state index contributed by atoms with van der Waals surface area (Å²) in [5.41, 5.74) is 0.918. The van der Waals surface area contributed by atoms with Gasteiger partial charge in [0.1, 0.15) is 23.1 Å². The molecule has 0 aromatic carbocycles. The Balaban J connectivity index is 2.02. The fourth-order valence-electron chi connectivity index (χ4n) is 1.78. The van der Waals surface area contributed by atoms with Crippen molar-refractivity contribution in [3.63, 3.8) is 0 Å². The van der Waals surface area contributed by atoms with Crippen LogP contribution in [-0.2, 0) is 0 Å². The summed E-state index contributed by atoms with van der Waals surface area (Å²) < 4.78 is 5.53. The number of nitrogens with one attached hydrogen (secondary N) is 2. The Hall–Kier alpha value is -1.85. The first-order chi connectivity index (χ1) is 9.79. The van der Waals surface area contributed by atoms with Gasteiger partial charge in [0, 0.05) is 18.6 Å². The monoisotopic (exact) mass is 306 g/mol. The van der Waals surface area contributed by atoms with Gasteiger partial charge in [0.05, 0.1) is 16.1 Å². The zero-order chi connectivity index (χ0) is 13.9. The molecule has 3 aromatic rings. The highest BCUT2D eigenvalue weighted by atomic mass is 32.2. The second-order valence-electron chi connectivity index (χ2n) is 3.84. The molecule has 102 valence electrons. The van der Waals surface area contributed by atoms with Crippen LogP contribution in [0, 0.1) is 0 Å². The molecule has 0 amide bonds. The van der Waals surface area contributed by atoms with Crippen LogP contribution in [0.3, 0.4) is 0 Å². The van der Waals surface area contributed by atoms with Crippen molar-refractivity contribution in [2.75, 3.05) is 6.35 Å². The molecule has 3 rings (SSSR count). The van der Waals surface area contributed by atoms with E-state index in [1.807, 2.05) is 6.07 Å². The van der Waals surface area contributed by atoms with Crippen LogP contribution in [0.4, 0.5) is 0 Å². The first-order valence-electron chi connectivity index (χ1n) is 5.79. The van der Waals surface area contributed by atoms with E-state index in [0.29, 0.717) is 17.4 Å². The first kappa shape index (κ1) is 13.1. The van der Waals surface area contributed by atoms with Crippen LogP contribution in [0.25, 0.3) is 11.0 Å². The van der Waals surface area contributed by atoms with Crippen molar-refractivity contribution in [2.24, 2.45) is 0 Å². The third-order valence-corrected chi connectivity index (χ3v) is 3.86. The molecule has 3 aromatic heterocycles.